The van der Waals surface area contributed by atoms with Gasteiger partial charge in [-0.15, -0.1) is 0 Å². The number of hydrogen-bond acceptors (Lipinski definition) is 5. The molecule has 3 amide bonds. The molecule has 0 spiro atoms. The van der Waals surface area contributed by atoms with Crippen LogP contribution in [0.4, 0.5) is 4.39 Å². The first-order valence-electron chi connectivity index (χ1n) is 11.3. The molecule has 4 N–H and O–H groups in total. The van der Waals surface area contributed by atoms with Gasteiger partial charge in [0.2, 0.25) is 17.7 Å². The van der Waals surface area contributed by atoms with Gasteiger partial charge >= 0.3 is 0 Å². The lowest BCUT2D eigenvalue weighted by molar-refractivity contribution is -0.128. The summed E-state index contributed by atoms with van der Waals surface area (Å²) in [5.41, 5.74) is 1.40. The highest BCUT2D eigenvalue weighted by Crippen LogP contribution is 2.18. The van der Waals surface area contributed by atoms with E-state index in [0.717, 1.165) is 5.56 Å². The summed E-state index contributed by atoms with van der Waals surface area (Å²) in [5.74, 6) is -2.23. The van der Waals surface area contributed by atoms with Crippen LogP contribution < -0.4 is 16.0 Å². The normalized spacial score (nSPS) is 17.7. The zero-order chi connectivity index (χ0) is 25.2. The van der Waals surface area contributed by atoms with E-state index in [1.807, 2.05) is 30.3 Å². The van der Waals surface area contributed by atoms with Crippen molar-refractivity contribution < 1.29 is 23.9 Å². The monoisotopic (exact) mass is 478 g/mol. The number of nitriles is 1. The van der Waals surface area contributed by atoms with Gasteiger partial charge in [0.1, 0.15) is 11.9 Å². The van der Waals surface area contributed by atoms with Gasteiger partial charge in [-0.3, -0.25) is 14.4 Å². The molecular weight excluding hydrogens is 451 g/mol. The van der Waals surface area contributed by atoms with Gasteiger partial charge < -0.3 is 21.1 Å². The van der Waals surface area contributed by atoms with Crippen molar-refractivity contribution >= 4 is 23.8 Å². The van der Waals surface area contributed by atoms with E-state index in [1.54, 1.807) is 12.1 Å². The van der Waals surface area contributed by atoms with Crippen molar-refractivity contribution in [2.24, 2.45) is 5.92 Å². The fraction of sp³-hybridized carbons (Fsp3) is 0.308. The molecular formula is C26H27FN4O4. The maximum Gasteiger partial charge on any atom is 0.244 e. The summed E-state index contributed by atoms with van der Waals surface area (Å²) in [6, 6.07) is 14.3. The molecule has 0 aromatic heterocycles. The molecule has 1 heterocycles. The quantitative estimate of drug-likeness (QED) is 0.303. The predicted octanol–water partition coefficient (Wildman–Crippen LogP) is 1.46. The lowest BCUT2D eigenvalue weighted by Crippen LogP contribution is -2.53. The van der Waals surface area contributed by atoms with Gasteiger partial charge in [-0.1, -0.05) is 42.5 Å². The summed E-state index contributed by atoms with van der Waals surface area (Å²) in [5, 5.41) is 27.3. The molecule has 1 aliphatic rings. The van der Waals surface area contributed by atoms with E-state index < -0.39 is 41.7 Å². The Hall–Kier alpha value is -4.03. The third-order valence-corrected chi connectivity index (χ3v) is 5.76. The highest BCUT2D eigenvalue weighted by Gasteiger charge is 2.33. The van der Waals surface area contributed by atoms with E-state index in [0.29, 0.717) is 18.5 Å². The molecule has 0 radical (unpaired) electrons. The average Bonchev–Trinajstić information content (AvgIpc) is 3.27. The molecule has 0 unspecified atom stereocenters. The third kappa shape index (κ3) is 7.76. The van der Waals surface area contributed by atoms with E-state index in [4.69, 9.17) is 0 Å². The zero-order valence-electron chi connectivity index (χ0n) is 19.0. The molecule has 0 bridgehead atoms. The minimum atomic E-state index is -1.53. The molecule has 2 aromatic carbocycles. The smallest absolute Gasteiger partial charge is 0.244 e. The second-order valence-corrected chi connectivity index (χ2v) is 8.34. The molecule has 182 valence electrons. The summed E-state index contributed by atoms with van der Waals surface area (Å²) in [4.78, 5) is 37.7. The van der Waals surface area contributed by atoms with E-state index >= 15 is 0 Å². The Morgan fingerprint density at radius 1 is 1.17 bits per heavy atom. The molecule has 1 fully saturated rings. The number of amides is 3. The Balaban J connectivity index is 1.74. The number of carbonyl (C=O) groups excluding carboxylic acids is 3. The van der Waals surface area contributed by atoms with Crippen molar-refractivity contribution in [3.8, 4) is 6.07 Å². The Kier molecular flexibility index (Phi) is 9.09. The van der Waals surface area contributed by atoms with Gasteiger partial charge in [-0.05, 0) is 42.2 Å². The Labute approximate surface area is 202 Å². The molecule has 0 aliphatic carbocycles. The van der Waals surface area contributed by atoms with E-state index in [9.17, 15) is 29.1 Å². The SMILES string of the molecule is N#C[C@H](O)[C@H](C[C@@H]1CCNC1=O)NC(=O)[C@H](Cc1ccc(F)cc1)NC(=O)/C=C/c1ccccc1. The topological polar surface area (TPSA) is 131 Å². The summed E-state index contributed by atoms with van der Waals surface area (Å²) in [7, 11) is 0. The first-order valence-corrected chi connectivity index (χ1v) is 11.3. The molecule has 9 heteroatoms. The fourth-order valence-corrected chi connectivity index (χ4v) is 3.84. The first-order chi connectivity index (χ1) is 16.9. The van der Waals surface area contributed by atoms with Crippen molar-refractivity contribution in [3.05, 3.63) is 77.6 Å². The van der Waals surface area contributed by atoms with Crippen LogP contribution in [0.15, 0.2) is 60.7 Å². The second kappa shape index (κ2) is 12.4. The minimum Gasteiger partial charge on any atom is -0.376 e. The van der Waals surface area contributed by atoms with Gasteiger partial charge in [0.15, 0.2) is 6.10 Å². The molecule has 1 aliphatic heterocycles. The van der Waals surface area contributed by atoms with E-state index in [1.165, 1.54) is 30.3 Å². The lowest BCUT2D eigenvalue weighted by Gasteiger charge is -2.25. The second-order valence-electron chi connectivity index (χ2n) is 8.34. The summed E-state index contributed by atoms with van der Waals surface area (Å²) >= 11 is 0. The first kappa shape index (κ1) is 25.6. The molecule has 35 heavy (non-hydrogen) atoms. The van der Waals surface area contributed by atoms with Gasteiger partial charge in [0, 0.05) is 25.0 Å². The van der Waals surface area contributed by atoms with E-state index in [2.05, 4.69) is 16.0 Å². The van der Waals surface area contributed by atoms with Crippen molar-refractivity contribution in [2.75, 3.05) is 6.54 Å². The number of nitrogens with one attached hydrogen (secondary N) is 3. The highest BCUT2D eigenvalue weighted by atomic mass is 19.1. The van der Waals surface area contributed by atoms with Crippen LogP contribution in [0.25, 0.3) is 6.08 Å². The van der Waals surface area contributed by atoms with Crippen molar-refractivity contribution in [3.63, 3.8) is 0 Å². The van der Waals surface area contributed by atoms with Crippen LogP contribution in [0.2, 0.25) is 0 Å². The number of carbonyl (C=O) groups is 3. The van der Waals surface area contributed by atoms with Crippen LogP contribution in [0, 0.1) is 23.1 Å². The van der Waals surface area contributed by atoms with Crippen LogP contribution >= 0.6 is 0 Å². The van der Waals surface area contributed by atoms with Crippen molar-refractivity contribution in [2.45, 2.75) is 37.5 Å². The minimum absolute atomic E-state index is 0.0519. The van der Waals surface area contributed by atoms with Gasteiger partial charge in [-0.2, -0.15) is 5.26 Å². The maximum absolute atomic E-state index is 13.3. The Bertz CT molecular complexity index is 1100. The van der Waals surface area contributed by atoms with Gasteiger partial charge in [-0.25, -0.2) is 4.39 Å². The van der Waals surface area contributed by atoms with Crippen LogP contribution in [0.5, 0.6) is 0 Å². The number of rotatable bonds is 10. The number of benzene rings is 2. The molecule has 3 rings (SSSR count). The summed E-state index contributed by atoms with van der Waals surface area (Å²) in [6.45, 7) is 0.490. The highest BCUT2D eigenvalue weighted by molar-refractivity contribution is 5.95. The lowest BCUT2D eigenvalue weighted by atomic mass is 9.94. The molecule has 1 saturated heterocycles. The average molecular weight is 479 g/mol. The number of aliphatic hydroxyl groups excluding tert-OH is 1. The zero-order valence-corrected chi connectivity index (χ0v) is 19.0. The largest absolute Gasteiger partial charge is 0.376 e. The standard InChI is InChI=1S/C26H27FN4O4/c27-20-9-6-18(7-10-20)14-22(30-24(33)11-8-17-4-2-1-3-5-17)26(35)31-21(23(32)16-28)15-19-12-13-29-25(19)34/h1-11,19,21-23,32H,12-15H2,(H,29,34)(H,30,33)(H,31,35)/b11-8+/t19-,21-,22-,23-/m0/s1. The van der Waals surface area contributed by atoms with Crippen LogP contribution in [0.3, 0.4) is 0 Å². The molecule has 2 aromatic rings. The van der Waals surface area contributed by atoms with Crippen LogP contribution in [-0.4, -0.2) is 47.6 Å². The fourth-order valence-electron chi connectivity index (χ4n) is 3.84. The molecule has 0 saturated carbocycles. The number of nitrogens with zero attached hydrogens (tertiary/aromatic N) is 1. The summed E-state index contributed by atoms with van der Waals surface area (Å²) in [6.07, 6.45) is 2.03. The number of hydrogen-bond donors (Lipinski definition) is 4. The van der Waals surface area contributed by atoms with Crippen molar-refractivity contribution in [1.29, 1.82) is 5.26 Å². The Morgan fingerprint density at radius 2 is 1.89 bits per heavy atom. The summed E-state index contributed by atoms with van der Waals surface area (Å²) < 4.78 is 13.3. The number of aliphatic hydroxyl groups is 1. The van der Waals surface area contributed by atoms with E-state index in [-0.39, 0.29) is 18.7 Å². The van der Waals surface area contributed by atoms with Crippen molar-refractivity contribution in [1.82, 2.24) is 16.0 Å². The predicted molar refractivity (Wildman–Crippen MR) is 127 cm³/mol. The van der Waals surface area contributed by atoms with Gasteiger partial charge in [0.25, 0.3) is 0 Å². The molecule has 8 nitrogen and oxygen atoms in total. The Morgan fingerprint density at radius 3 is 2.51 bits per heavy atom. The van der Waals surface area contributed by atoms with Crippen LogP contribution in [-0.2, 0) is 20.8 Å². The molecule has 4 atom stereocenters. The maximum atomic E-state index is 13.3. The van der Waals surface area contributed by atoms with Gasteiger partial charge in [0.05, 0.1) is 12.1 Å². The number of halogens is 1. The van der Waals surface area contributed by atoms with Crippen LogP contribution in [0.1, 0.15) is 24.0 Å². The third-order valence-electron chi connectivity index (χ3n) is 5.76.